The van der Waals surface area contributed by atoms with Crippen molar-refractivity contribution in [2.75, 3.05) is 0 Å². The highest BCUT2D eigenvalue weighted by molar-refractivity contribution is 9.10. The summed E-state index contributed by atoms with van der Waals surface area (Å²) in [7, 11) is 0. The molecule has 4 rings (SSSR count). The zero-order valence-electron chi connectivity index (χ0n) is 13.0. The average Bonchev–Trinajstić information content (AvgIpc) is 3.28. The van der Waals surface area contributed by atoms with E-state index < -0.39 is 11.6 Å². The summed E-state index contributed by atoms with van der Waals surface area (Å²) in [5.41, 5.74) is 2.23. The Labute approximate surface area is 151 Å². The first kappa shape index (κ1) is 16.2. The molecule has 4 nitrogen and oxygen atoms in total. The van der Waals surface area contributed by atoms with Crippen molar-refractivity contribution in [3.8, 4) is 0 Å². The molecule has 1 saturated carbocycles. The Morgan fingerprint density at radius 2 is 2.08 bits per heavy atom. The van der Waals surface area contributed by atoms with E-state index in [4.69, 9.17) is 0 Å². The zero-order chi connectivity index (χ0) is 17.6. The lowest BCUT2D eigenvalue weighted by Gasteiger charge is -2.03. The maximum absolute atomic E-state index is 13.3. The van der Waals surface area contributed by atoms with E-state index in [-0.39, 0.29) is 17.7 Å². The number of carbonyl (C=O) groups excluding carboxylic acids is 1. The predicted molar refractivity (Wildman–Crippen MR) is 91.9 cm³/mol. The Kier molecular flexibility index (Phi) is 4.03. The second-order valence-corrected chi connectivity index (χ2v) is 7.10. The van der Waals surface area contributed by atoms with Crippen LogP contribution in [0.15, 0.2) is 47.2 Å². The van der Waals surface area contributed by atoms with Gasteiger partial charge < -0.3 is 9.72 Å². The number of benzene rings is 1. The van der Waals surface area contributed by atoms with Crippen LogP contribution in [-0.2, 0) is 11.3 Å². The van der Waals surface area contributed by atoms with E-state index in [2.05, 4.69) is 26.2 Å². The Morgan fingerprint density at radius 3 is 2.88 bits per heavy atom. The quantitative estimate of drug-likeness (QED) is 0.717. The lowest BCUT2D eigenvalue weighted by atomic mass is 10.1. The highest BCUT2D eigenvalue weighted by Crippen LogP contribution is 2.47. The van der Waals surface area contributed by atoms with E-state index in [1.807, 2.05) is 28.9 Å². The minimum absolute atomic E-state index is 0.0490. The molecule has 1 aliphatic carbocycles. The molecule has 1 N–H and O–H groups in total. The fraction of sp³-hybridized carbons (Fsp3) is 0.222. The van der Waals surface area contributed by atoms with Gasteiger partial charge in [-0.05, 0) is 58.1 Å². The molecule has 0 aliphatic heterocycles. The van der Waals surface area contributed by atoms with Gasteiger partial charge >= 0.3 is 0 Å². The SMILES string of the molecule is O=C(NCc1cn2cc(Br)ccc2n1)C1CC1c1ccc(F)c(F)c1. The second-order valence-electron chi connectivity index (χ2n) is 6.19. The van der Waals surface area contributed by atoms with E-state index in [1.54, 1.807) is 0 Å². The van der Waals surface area contributed by atoms with E-state index in [1.165, 1.54) is 12.1 Å². The average molecular weight is 406 g/mol. The number of rotatable bonds is 4. The van der Waals surface area contributed by atoms with Gasteiger partial charge in [0.25, 0.3) is 0 Å². The molecule has 1 amide bonds. The van der Waals surface area contributed by atoms with Crippen LogP contribution >= 0.6 is 15.9 Å². The topological polar surface area (TPSA) is 46.4 Å². The number of nitrogens with one attached hydrogen (secondary N) is 1. The molecule has 0 bridgehead atoms. The molecule has 25 heavy (non-hydrogen) atoms. The minimum Gasteiger partial charge on any atom is -0.350 e. The molecule has 0 saturated heterocycles. The first-order valence-electron chi connectivity index (χ1n) is 7.87. The third-order valence-corrected chi connectivity index (χ3v) is 4.88. The molecule has 2 atom stereocenters. The summed E-state index contributed by atoms with van der Waals surface area (Å²) in [6.07, 6.45) is 4.41. The molecular weight excluding hydrogens is 392 g/mol. The largest absolute Gasteiger partial charge is 0.350 e. The van der Waals surface area contributed by atoms with Gasteiger partial charge in [0, 0.05) is 22.8 Å². The van der Waals surface area contributed by atoms with Crippen LogP contribution in [-0.4, -0.2) is 15.3 Å². The summed E-state index contributed by atoms with van der Waals surface area (Å²) in [6, 6.07) is 7.60. The van der Waals surface area contributed by atoms with Crippen molar-refractivity contribution in [1.29, 1.82) is 0 Å². The van der Waals surface area contributed by atoms with Gasteiger partial charge in [0.1, 0.15) is 5.65 Å². The molecule has 1 aliphatic rings. The molecule has 7 heteroatoms. The smallest absolute Gasteiger partial charge is 0.224 e. The van der Waals surface area contributed by atoms with Crippen LogP contribution in [0.3, 0.4) is 0 Å². The standard InChI is InChI=1S/C18H14BrF2N3O/c19-11-2-4-17-23-12(9-24(17)8-11)7-22-18(25)14-6-13(14)10-1-3-15(20)16(21)5-10/h1-5,8-9,13-14H,6-7H2,(H,22,25). The fourth-order valence-corrected chi connectivity index (χ4v) is 3.36. The van der Waals surface area contributed by atoms with Gasteiger partial charge in [0.2, 0.25) is 5.91 Å². The van der Waals surface area contributed by atoms with Crippen LogP contribution in [0, 0.1) is 17.6 Å². The van der Waals surface area contributed by atoms with E-state index in [0.29, 0.717) is 18.5 Å². The predicted octanol–water partition coefficient (Wildman–Crippen LogP) is 3.79. The van der Waals surface area contributed by atoms with Crippen molar-refractivity contribution in [2.45, 2.75) is 18.9 Å². The van der Waals surface area contributed by atoms with Crippen LogP contribution in [0.25, 0.3) is 5.65 Å². The maximum atomic E-state index is 13.3. The number of fused-ring (bicyclic) bond motifs is 1. The Bertz CT molecular complexity index is 972. The second kappa shape index (κ2) is 6.22. The highest BCUT2D eigenvalue weighted by Gasteiger charge is 2.44. The molecule has 2 heterocycles. The lowest BCUT2D eigenvalue weighted by Crippen LogP contribution is -2.25. The Hall–Kier alpha value is -2.28. The van der Waals surface area contributed by atoms with Gasteiger partial charge in [-0.1, -0.05) is 6.07 Å². The van der Waals surface area contributed by atoms with Crippen molar-refractivity contribution in [2.24, 2.45) is 5.92 Å². The minimum atomic E-state index is -0.876. The fourth-order valence-electron chi connectivity index (χ4n) is 3.01. The summed E-state index contributed by atoms with van der Waals surface area (Å²) in [4.78, 5) is 16.7. The van der Waals surface area contributed by atoms with E-state index in [0.717, 1.165) is 21.9 Å². The number of pyridine rings is 1. The van der Waals surface area contributed by atoms with Crippen LogP contribution in [0.2, 0.25) is 0 Å². The molecule has 1 fully saturated rings. The number of imidazole rings is 1. The number of nitrogens with zero attached hydrogens (tertiary/aromatic N) is 2. The molecule has 128 valence electrons. The molecule has 3 aromatic rings. The van der Waals surface area contributed by atoms with Crippen molar-refractivity contribution in [1.82, 2.24) is 14.7 Å². The summed E-state index contributed by atoms with van der Waals surface area (Å²) in [5.74, 6) is -2.08. The van der Waals surface area contributed by atoms with Gasteiger partial charge in [0.15, 0.2) is 11.6 Å². The summed E-state index contributed by atoms with van der Waals surface area (Å²) >= 11 is 3.40. The van der Waals surface area contributed by atoms with Crippen LogP contribution in [0.1, 0.15) is 23.6 Å². The van der Waals surface area contributed by atoms with Crippen LogP contribution < -0.4 is 5.32 Å². The third-order valence-electron chi connectivity index (χ3n) is 4.41. The van der Waals surface area contributed by atoms with Gasteiger partial charge in [-0.15, -0.1) is 0 Å². The number of hydrogen-bond donors (Lipinski definition) is 1. The molecule has 1 aromatic carbocycles. The molecule has 2 unspecified atom stereocenters. The van der Waals surface area contributed by atoms with E-state index >= 15 is 0 Å². The van der Waals surface area contributed by atoms with Gasteiger partial charge in [-0.25, -0.2) is 13.8 Å². The normalized spacial score (nSPS) is 19.2. The zero-order valence-corrected chi connectivity index (χ0v) is 14.6. The van der Waals surface area contributed by atoms with Crippen molar-refractivity contribution in [3.63, 3.8) is 0 Å². The first-order valence-corrected chi connectivity index (χ1v) is 8.66. The molecule has 0 radical (unpaired) electrons. The number of amides is 1. The summed E-state index contributed by atoms with van der Waals surface area (Å²) in [6.45, 7) is 0.332. The monoisotopic (exact) mass is 405 g/mol. The van der Waals surface area contributed by atoms with Gasteiger partial charge in [0.05, 0.1) is 12.2 Å². The van der Waals surface area contributed by atoms with Crippen molar-refractivity contribution in [3.05, 3.63) is 70.1 Å². The maximum Gasteiger partial charge on any atom is 0.224 e. The number of halogens is 3. The van der Waals surface area contributed by atoms with Crippen molar-refractivity contribution >= 4 is 27.5 Å². The Balaban J connectivity index is 1.38. The van der Waals surface area contributed by atoms with Crippen molar-refractivity contribution < 1.29 is 13.6 Å². The lowest BCUT2D eigenvalue weighted by molar-refractivity contribution is -0.122. The van der Waals surface area contributed by atoms with Gasteiger partial charge in [-0.3, -0.25) is 4.79 Å². The van der Waals surface area contributed by atoms with E-state index in [9.17, 15) is 13.6 Å². The number of aromatic nitrogens is 2. The Morgan fingerprint density at radius 1 is 1.24 bits per heavy atom. The number of carbonyl (C=O) groups is 1. The number of hydrogen-bond acceptors (Lipinski definition) is 2. The summed E-state index contributed by atoms with van der Waals surface area (Å²) in [5, 5.41) is 2.87. The molecule has 2 aromatic heterocycles. The molecular formula is C18H14BrF2N3O. The first-order chi connectivity index (χ1) is 12.0. The molecule has 0 spiro atoms. The third kappa shape index (κ3) is 3.28. The van der Waals surface area contributed by atoms with Gasteiger partial charge in [-0.2, -0.15) is 0 Å². The van der Waals surface area contributed by atoms with Crippen LogP contribution in [0.5, 0.6) is 0 Å². The summed E-state index contributed by atoms with van der Waals surface area (Å²) < 4.78 is 29.1. The highest BCUT2D eigenvalue weighted by atomic mass is 79.9. The van der Waals surface area contributed by atoms with Crippen LogP contribution in [0.4, 0.5) is 8.78 Å².